The Balaban J connectivity index is 2.20. The summed E-state index contributed by atoms with van der Waals surface area (Å²) in [4.78, 5) is 0. The Bertz CT molecular complexity index is 692. The SMILES string of the molecule is CC/C(=C\CC/C(C)=C/CC/C=C(\C)CC/C=C(\C)CCC1OC1(C)C)CCC=C(C)C. The first-order valence-corrected chi connectivity index (χ1v) is 13.1. The molecule has 0 spiro atoms. The van der Waals surface area contributed by atoms with Crippen LogP contribution < -0.4 is 0 Å². The zero-order chi connectivity index (χ0) is 24.0. The largest absolute Gasteiger partial charge is 0.367 e. The quantitative estimate of drug-likeness (QED) is 0.132. The summed E-state index contributed by atoms with van der Waals surface area (Å²) in [6, 6.07) is 0. The second kappa shape index (κ2) is 15.5. The third-order valence-corrected chi connectivity index (χ3v) is 6.59. The van der Waals surface area contributed by atoms with Gasteiger partial charge in [0, 0.05) is 0 Å². The van der Waals surface area contributed by atoms with Crippen molar-refractivity contribution in [3.8, 4) is 0 Å². The first-order chi connectivity index (χ1) is 15.1. The summed E-state index contributed by atoms with van der Waals surface area (Å²) in [5, 5.41) is 0. The van der Waals surface area contributed by atoms with Crippen molar-refractivity contribution in [3.05, 3.63) is 58.2 Å². The fraction of sp³-hybridized carbons (Fsp3) is 0.677. The zero-order valence-electron chi connectivity index (χ0n) is 22.7. The van der Waals surface area contributed by atoms with E-state index in [0.717, 1.165) is 6.42 Å². The lowest BCUT2D eigenvalue weighted by molar-refractivity contribution is 0.320. The molecule has 1 unspecified atom stereocenters. The van der Waals surface area contributed by atoms with Crippen molar-refractivity contribution in [1.82, 2.24) is 0 Å². The Morgan fingerprint density at radius 2 is 1.12 bits per heavy atom. The maximum atomic E-state index is 5.68. The average molecular weight is 441 g/mol. The fourth-order valence-electron chi connectivity index (χ4n) is 4.08. The van der Waals surface area contributed by atoms with E-state index in [1.165, 1.54) is 86.5 Å². The number of allylic oxidation sites excluding steroid dienone is 10. The third kappa shape index (κ3) is 13.9. The minimum atomic E-state index is 0.132. The molecule has 1 saturated heterocycles. The second-order valence-corrected chi connectivity index (χ2v) is 10.6. The Hall–Kier alpha value is -1.34. The summed E-state index contributed by atoms with van der Waals surface area (Å²) in [5.74, 6) is 0. The zero-order valence-corrected chi connectivity index (χ0v) is 22.7. The van der Waals surface area contributed by atoms with Gasteiger partial charge in [-0.15, -0.1) is 0 Å². The van der Waals surface area contributed by atoms with Crippen LogP contribution in [0, 0.1) is 0 Å². The molecule has 0 aromatic heterocycles. The second-order valence-electron chi connectivity index (χ2n) is 10.6. The van der Waals surface area contributed by atoms with Crippen molar-refractivity contribution in [2.24, 2.45) is 0 Å². The lowest BCUT2D eigenvalue weighted by Crippen LogP contribution is -2.02. The molecule has 1 aliphatic heterocycles. The molecule has 0 amide bonds. The summed E-state index contributed by atoms with van der Waals surface area (Å²) in [6.45, 7) is 17.9. The first-order valence-electron chi connectivity index (χ1n) is 13.1. The van der Waals surface area contributed by atoms with E-state index in [2.05, 4.69) is 85.8 Å². The predicted octanol–water partition coefficient (Wildman–Crippen LogP) is 10.2. The monoisotopic (exact) mass is 440 g/mol. The molecule has 32 heavy (non-hydrogen) atoms. The summed E-state index contributed by atoms with van der Waals surface area (Å²) in [6.07, 6.45) is 25.6. The Morgan fingerprint density at radius 3 is 1.62 bits per heavy atom. The average Bonchev–Trinajstić information content (AvgIpc) is 3.34. The Kier molecular flexibility index (Phi) is 13.9. The summed E-state index contributed by atoms with van der Waals surface area (Å²) >= 11 is 0. The number of rotatable bonds is 16. The van der Waals surface area contributed by atoms with Crippen LogP contribution in [0.5, 0.6) is 0 Å². The first kappa shape index (κ1) is 28.7. The molecule has 1 nitrogen and oxygen atoms in total. The molecule has 0 aromatic carbocycles. The van der Waals surface area contributed by atoms with E-state index < -0.39 is 0 Å². The van der Waals surface area contributed by atoms with Gasteiger partial charge >= 0.3 is 0 Å². The third-order valence-electron chi connectivity index (χ3n) is 6.59. The van der Waals surface area contributed by atoms with Gasteiger partial charge in [-0.05, 0) is 119 Å². The van der Waals surface area contributed by atoms with Gasteiger partial charge in [0.1, 0.15) is 0 Å². The summed E-state index contributed by atoms with van der Waals surface area (Å²) < 4.78 is 5.68. The van der Waals surface area contributed by atoms with Gasteiger partial charge in [-0.25, -0.2) is 0 Å². The van der Waals surface area contributed by atoms with E-state index >= 15 is 0 Å². The normalized spacial score (nSPS) is 19.3. The van der Waals surface area contributed by atoms with Crippen LogP contribution in [0.2, 0.25) is 0 Å². The van der Waals surface area contributed by atoms with Crippen LogP contribution in [-0.2, 0) is 4.74 Å². The molecule has 0 N–H and O–H groups in total. The van der Waals surface area contributed by atoms with Crippen molar-refractivity contribution >= 4 is 0 Å². The van der Waals surface area contributed by atoms with E-state index in [4.69, 9.17) is 4.74 Å². The predicted molar refractivity (Wildman–Crippen MR) is 144 cm³/mol. The van der Waals surface area contributed by atoms with Crippen LogP contribution in [0.4, 0.5) is 0 Å². The molecule has 0 aromatic rings. The highest BCUT2D eigenvalue weighted by molar-refractivity contribution is 5.08. The molecule has 0 bridgehead atoms. The van der Waals surface area contributed by atoms with Gasteiger partial charge in [0.25, 0.3) is 0 Å². The lowest BCUT2D eigenvalue weighted by atomic mass is 10.0. The molecule has 0 aliphatic carbocycles. The van der Waals surface area contributed by atoms with Crippen molar-refractivity contribution in [2.75, 3.05) is 0 Å². The standard InChI is InChI=1S/C31H52O/c1-9-29(21-12-15-25(2)3)22-14-20-27(5)17-11-10-16-26(4)18-13-19-28(6)23-24-30-31(7,8)32-30/h15-17,19,22,30H,9-14,18,20-21,23-24H2,1-8H3/b26-16+,27-17+,28-19+,29-22+. The van der Waals surface area contributed by atoms with E-state index in [1.54, 1.807) is 5.57 Å². The number of hydrogen-bond acceptors (Lipinski definition) is 1. The van der Waals surface area contributed by atoms with E-state index in [0.29, 0.717) is 6.10 Å². The molecule has 182 valence electrons. The van der Waals surface area contributed by atoms with Gasteiger partial charge in [0.05, 0.1) is 11.7 Å². The van der Waals surface area contributed by atoms with Crippen LogP contribution >= 0.6 is 0 Å². The summed E-state index contributed by atoms with van der Waals surface area (Å²) in [5.41, 5.74) is 7.75. The fourth-order valence-corrected chi connectivity index (χ4v) is 4.08. The molecular weight excluding hydrogens is 388 g/mol. The van der Waals surface area contributed by atoms with Crippen molar-refractivity contribution in [2.45, 2.75) is 138 Å². The molecular formula is C31H52O. The van der Waals surface area contributed by atoms with E-state index in [9.17, 15) is 0 Å². The molecule has 0 radical (unpaired) electrons. The van der Waals surface area contributed by atoms with Gasteiger partial charge in [-0.1, -0.05) is 65.2 Å². The van der Waals surface area contributed by atoms with Gasteiger partial charge in [-0.3, -0.25) is 0 Å². The molecule has 1 heteroatoms. The molecule has 1 aliphatic rings. The number of hydrogen-bond donors (Lipinski definition) is 0. The highest BCUT2D eigenvalue weighted by Gasteiger charge is 2.46. The van der Waals surface area contributed by atoms with Gasteiger partial charge in [0.15, 0.2) is 0 Å². The molecule has 0 saturated carbocycles. The Morgan fingerprint density at radius 1 is 0.656 bits per heavy atom. The van der Waals surface area contributed by atoms with E-state index in [1.807, 2.05) is 0 Å². The molecule has 1 rings (SSSR count). The van der Waals surface area contributed by atoms with Crippen molar-refractivity contribution in [1.29, 1.82) is 0 Å². The van der Waals surface area contributed by atoms with Crippen LogP contribution in [0.1, 0.15) is 126 Å². The Labute approximate surface area is 200 Å². The van der Waals surface area contributed by atoms with Crippen LogP contribution in [0.25, 0.3) is 0 Å². The van der Waals surface area contributed by atoms with Crippen LogP contribution in [0.3, 0.4) is 0 Å². The van der Waals surface area contributed by atoms with Gasteiger partial charge in [0.2, 0.25) is 0 Å². The van der Waals surface area contributed by atoms with Crippen molar-refractivity contribution in [3.63, 3.8) is 0 Å². The molecule has 1 heterocycles. The molecule has 1 atom stereocenters. The van der Waals surface area contributed by atoms with Gasteiger partial charge in [-0.2, -0.15) is 0 Å². The highest BCUT2D eigenvalue weighted by atomic mass is 16.6. The topological polar surface area (TPSA) is 12.5 Å². The molecule has 1 fully saturated rings. The number of ether oxygens (including phenoxy) is 1. The van der Waals surface area contributed by atoms with Gasteiger partial charge < -0.3 is 4.74 Å². The lowest BCUT2D eigenvalue weighted by Gasteiger charge is -2.04. The minimum absolute atomic E-state index is 0.132. The maximum Gasteiger partial charge on any atom is 0.0892 e. The maximum absolute atomic E-state index is 5.68. The van der Waals surface area contributed by atoms with Crippen molar-refractivity contribution < 1.29 is 4.74 Å². The van der Waals surface area contributed by atoms with E-state index in [-0.39, 0.29) is 5.60 Å². The van der Waals surface area contributed by atoms with Crippen LogP contribution in [0.15, 0.2) is 58.2 Å². The smallest absolute Gasteiger partial charge is 0.0892 e. The number of epoxide rings is 1. The van der Waals surface area contributed by atoms with Crippen LogP contribution in [-0.4, -0.2) is 11.7 Å². The number of unbranched alkanes of at least 4 members (excludes halogenated alkanes) is 1. The summed E-state index contributed by atoms with van der Waals surface area (Å²) in [7, 11) is 0. The highest BCUT2D eigenvalue weighted by Crippen LogP contribution is 2.38. The minimum Gasteiger partial charge on any atom is -0.367 e.